The van der Waals surface area contributed by atoms with Crippen LogP contribution in [0.25, 0.3) is 0 Å². The van der Waals surface area contributed by atoms with Crippen molar-refractivity contribution < 1.29 is 23.1 Å². The van der Waals surface area contributed by atoms with Crippen molar-refractivity contribution in [3.05, 3.63) is 59.7 Å². The molecule has 1 atom stereocenters. The van der Waals surface area contributed by atoms with Gasteiger partial charge in [0, 0.05) is 12.2 Å². The number of benzene rings is 2. The Hall–Kier alpha value is -2.54. The second kappa shape index (κ2) is 7.35. The molecule has 128 valence electrons. The van der Waals surface area contributed by atoms with E-state index in [0.717, 1.165) is 12.1 Å². The van der Waals surface area contributed by atoms with Gasteiger partial charge in [0.1, 0.15) is 0 Å². The molecule has 0 saturated heterocycles. The third-order valence-electron chi connectivity index (χ3n) is 3.20. The molecule has 1 amide bonds. The lowest BCUT2D eigenvalue weighted by molar-refractivity contribution is -0.137. The van der Waals surface area contributed by atoms with Gasteiger partial charge in [-0.1, -0.05) is 18.2 Å². The molecular formula is C17H17F3N2O2. The van der Waals surface area contributed by atoms with Crippen LogP contribution in [-0.2, 0) is 6.18 Å². The highest BCUT2D eigenvalue weighted by Gasteiger charge is 2.30. The van der Waals surface area contributed by atoms with E-state index in [2.05, 4.69) is 10.6 Å². The van der Waals surface area contributed by atoms with Crippen molar-refractivity contribution in [1.29, 1.82) is 0 Å². The number of nitrogens with one attached hydrogen (secondary N) is 2. The van der Waals surface area contributed by atoms with Crippen LogP contribution >= 0.6 is 0 Å². The van der Waals surface area contributed by atoms with Gasteiger partial charge >= 0.3 is 6.18 Å². The molecule has 2 aromatic carbocycles. The van der Waals surface area contributed by atoms with Crippen LogP contribution in [0.5, 0.6) is 0 Å². The zero-order chi connectivity index (χ0) is 17.7. The SMILES string of the molecule is CC(O)CNC(=O)c1ccccc1Nc1cccc(C(F)(F)F)c1. The van der Waals surface area contributed by atoms with Crippen molar-refractivity contribution in [3.63, 3.8) is 0 Å². The summed E-state index contributed by atoms with van der Waals surface area (Å²) in [5.74, 6) is -0.425. The molecule has 0 aromatic heterocycles. The summed E-state index contributed by atoms with van der Waals surface area (Å²) in [6.07, 6.45) is -5.14. The number of carbonyl (C=O) groups is 1. The Morgan fingerprint density at radius 3 is 2.54 bits per heavy atom. The smallest absolute Gasteiger partial charge is 0.392 e. The molecule has 24 heavy (non-hydrogen) atoms. The van der Waals surface area contributed by atoms with E-state index in [1.54, 1.807) is 24.3 Å². The first-order valence-electron chi connectivity index (χ1n) is 7.27. The van der Waals surface area contributed by atoms with Crippen molar-refractivity contribution in [2.75, 3.05) is 11.9 Å². The van der Waals surface area contributed by atoms with Gasteiger partial charge in [-0.25, -0.2) is 0 Å². The highest BCUT2D eigenvalue weighted by molar-refractivity contribution is 6.00. The average Bonchev–Trinajstić information content (AvgIpc) is 2.52. The van der Waals surface area contributed by atoms with Crippen molar-refractivity contribution in [1.82, 2.24) is 5.32 Å². The fraction of sp³-hybridized carbons (Fsp3) is 0.235. The maximum absolute atomic E-state index is 12.8. The molecule has 3 N–H and O–H groups in total. The van der Waals surface area contributed by atoms with Crippen LogP contribution in [0.3, 0.4) is 0 Å². The molecule has 0 heterocycles. The Bertz CT molecular complexity index is 715. The third-order valence-corrected chi connectivity index (χ3v) is 3.20. The molecule has 2 rings (SSSR count). The van der Waals surface area contributed by atoms with Crippen LogP contribution in [-0.4, -0.2) is 23.7 Å². The first kappa shape index (κ1) is 17.8. The van der Waals surface area contributed by atoms with E-state index >= 15 is 0 Å². The zero-order valence-corrected chi connectivity index (χ0v) is 12.9. The van der Waals surface area contributed by atoms with Crippen molar-refractivity contribution in [2.45, 2.75) is 19.2 Å². The van der Waals surface area contributed by atoms with E-state index in [1.807, 2.05) is 0 Å². The predicted molar refractivity (Wildman–Crippen MR) is 85.2 cm³/mol. The van der Waals surface area contributed by atoms with Crippen LogP contribution in [0, 0.1) is 0 Å². The van der Waals surface area contributed by atoms with Gasteiger partial charge in [0.05, 0.1) is 22.9 Å². The summed E-state index contributed by atoms with van der Waals surface area (Å²) in [5, 5.41) is 14.6. The monoisotopic (exact) mass is 338 g/mol. The second-order valence-corrected chi connectivity index (χ2v) is 5.31. The number of aliphatic hydroxyl groups excluding tert-OH is 1. The number of aliphatic hydroxyl groups is 1. The minimum atomic E-state index is -4.44. The van der Waals surface area contributed by atoms with E-state index < -0.39 is 23.8 Å². The summed E-state index contributed by atoms with van der Waals surface area (Å²) >= 11 is 0. The minimum Gasteiger partial charge on any atom is -0.392 e. The molecule has 0 aliphatic carbocycles. The van der Waals surface area contributed by atoms with E-state index in [1.165, 1.54) is 19.1 Å². The van der Waals surface area contributed by atoms with Gasteiger partial charge in [-0.2, -0.15) is 13.2 Å². The highest BCUT2D eigenvalue weighted by Crippen LogP contribution is 2.31. The van der Waals surface area contributed by atoms with Gasteiger partial charge < -0.3 is 15.7 Å². The molecule has 0 radical (unpaired) electrons. The quantitative estimate of drug-likeness (QED) is 0.781. The Labute approximate surface area is 137 Å². The number of carbonyl (C=O) groups excluding carboxylic acids is 1. The molecule has 4 nitrogen and oxygen atoms in total. The molecular weight excluding hydrogens is 321 g/mol. The molecule has 0 aliphatic heterocycles. The Morgan fingerprint density at radius 2 is 1.88 bits per heavy atom. The Balaban J connectivity index is 2.23. The van der Waals surface area contributed by atoms with Crippen molar-refractivity contribution in [3.8, 4) is 0 Å². The number of anilines is 2. The summed E-state index contributed by atoms with van der Waals surface area (Å²) in [7, 11) is 0. The number of rotatable bonds is 5. The zero-order valence-electron chi connectivity index (χ0n) is 12.9. The minimum absolute atomic E-state index is 0.0801. The molecule has 0 aliphatic rings. The van der Waals surface area contributed by atoms with Crippen molar-refractivity contribution >= 4 is 17.3 Å². The largest absolute Gasteiger partial charge is 0.416 e. The lowest BCUT2D eigenvalue weighted by Crippen LogP contribution is -2.30. The molecule has 1 unspecified atom stereocenters. The summed E-state index contributed by atoms with van der Waals surface area (Å²) in [4.78, 5) is 12.1. The predicted octanol–water partition coefficient (Wildman–Crippen LogP) is 3.56. The summed E-state index contributed by atoms with van der Waals surface area (Å²) in [6, 6.07) is 11.2. The summed E-state index contributed by atoms with van der Waals surface area (Å²) < 4.78 is 38.3. The van der Waals surface area contributed by atoms with Crippen LogP contribution in [0.2, 0.25) is 0 Å². The summed E-state index contributed by atoms with van der Waals surface area (Å²) in [5.41, 5.74) is 0.0969. The first-order chi connectivity index (χ1) is 11.3. The molecule has 0 saturated carbocycles. The van der Waals surface area contributed by atoms with E-state index in [0.29, 0.717) is 5.69 Å². The van der Waals surface area contributed by atoms with E-state index in [-0.39, 0.29) is 17.8 Å². The van der Waals surface area contributed by atoms with Gasteiger partial charge in [-0.15, -0.1) is 0 Å². The fourth-order valence-corrected chi connectivity index (χ4v) is 2.05. The number of para-hydroxylation sites is 1. The van der Waals surface area contributed by atoms with Gasteiger partial charge in [0.25, 0.3) is 5.91 Å². The fourth-order valence-electron chi connectivity index (χ4n) is 2.05. The van der Waals surface area contributed by atoms with E-state index in [9.17, 15) is 23.1 Å². The van der Waals surface area contributed by atoms with Crippen molar-refractivity contribution in [2.24, 2.45) is 0 Å². The van der Waals surface area contributed by atoms with Gasteiger partial charge in [0.2, 0.25) is 0 Å². The second-order valence-electron chi connectivity index (χ2n) is 5.31. The number of halogens is 3. The number of hydrogen-bond acceptors (Lipinski definition) is 3. The van der Waals surface area contributed by atoms with Crippen LogP contribution < -0.4 is 10.6 Å². The lowest BCUT2D eigenvalue weighted by atomic mass is 10.1. The van der Waals surface area contributed by atoms with Gasteiger partial charge in [-0.3, -0.25) is 4.79 Å². The molecule has 7 heteroatoms. The topological polar surface area (TPSA) is 61.4 Å². The third kappa shape index (κ3) is 4.73. The Morgan fingerprint density at radius 1 is 1.17 bits per heavy atom. The summed E-state index contributed by atoms with van der Waals surface area (Å²) in [6.45, 7) is 1.61. The van der Waals surface area contributed by atoms with Gasteiger partial charge in [0.15, 0.2) is 0 Å². The van der Waals surface area contributed by atoms with Crippen LogP contribution in [0.4, 0.5) is 24.5 Å². The number of hydrogen-bond donors (Lipinski definition) is 3. The maximum Gasteiger partial charge on any atom is 0.416 e. The number of alkyl halides is 3. The highest BCUT2D eigenvalue weighted by atomic mass is 19.4. The maximum atomic E-state index is 12.8. The van der Waals surface area contributed by atoms with E-state index in [4.69, 9.17) is 0 Å². The molecule has 0 bridgehead atoms. The molecule has 0 spiro atoms. The normalized spacial score (nSPS) is 12.5. The standard InChI is InChI=1S/C17H17F3N2O2/c1-11(23)10-21-16(24)14-7-2-3-8-15(14)22-13-6-4-5-12(9-13)17(18,19)20/h2-9,11,22-23H,10H2,1H3,(H,21,24). The lowest BCUT2D eigenvalue weighted by Gasteiger charge is -2.14. The van der Waals surface area contributed by atoms with Crippen LogP contribution in [0.1, 0.15) is 22.8 Å². The first-order valence-corrected chi connectivity index (χ1v) is 7.27. The van der Waals surface area contributed by atoms with Gasteiger partial charge in [-0.05, 0) is 37.3 Å². The molecule has 0 fully saturated rings. The van der Waals surface area contributed by atoms with Crippen LogP contribution in [0.15, 0.2) is 48.5 Å². The molecule has 2 aromatic rings. The average molecular weight is 338 g/mol. The Kier molecular flexibility index (Phi) is 5.46. The number of amides is 1.